The summed E-state index contributed by atoms with van der Waals surface area (Å²) in [5.74, 6) is 1.65. The van der Waals surface area contributed by atoms with Gasteiger partial charge in [-0.2, -0.15) is 4.98 Å². The van der Waals surface area contributed by atoms with E-state index < -0.39 is 0 Å². The van der Waals surface area contributed by atoms with Crippen LogP contribution in [0.2, 0.25) is 0 Å². The predicted molar refractivity (Wildman–Crippen MR) is 98.1 cm³/mol. The summed E-state index contributed by atoms with van der Waals surface area (Å²) in [5.41, 5.74) is 2.58. The molecule has 0 atom stereocenters. The molecule has 0 fully saturated rings. The number of aryl methyl sites for hydroxylation is 1. The number of allylic oxidation sites excluding steroid dienone is 1. The second kappa shape index (κ2) is 9.50. The molecule has 1 aliphatic rings. The second-order valence-corrected chi connectivity index (χ2v) is 6.59. The van der Waals surface area contributed by atoms with Crippen molar-refractivity contribution in [1.29, 1.82) is 0 Å². The van der Waals surface area contributed by atoms with Gasteiger partial charge in [-0.3, -0.25) is 0 Å². The van der Waals surface area contributed by atoms with Crippen LogP contribution in [0.4, 0.5) is 11.8 Å². The van der Waals surface area contributed by atoms with Crippen LogP contribution in [0.15, 0.2) is 17.7 Å². The molecule has 1 aliphatic carbocycles. The molecule has 0 aromatic carbocycles. The summed E-state index contributed by atoms with van der Waals surface area (Å²) in [6, 6.07) is 2.00. The molecule has 0 radical (unpaired) electrons. The molecule has 0 saturated heterocycles. The van der Waals surface area contributed by atoms with E-state index in [1.165, 1.54) is 25.7 Å². The summed E-state index contributed by atoms with van der Waals surface area (Å²) < 4.78 is 0. The molecule has 2 rings (SSSR count). The Hall–Kier alpha value is -1.62. The Morgan fingerprint density at radius 3 is 2.74 bits per heavy atom. The lowest BCUT2D eigenvalue weighted by molar-refractivity contribution is 0.405. The predicted octanol–water partition coefficient (Wildman–Crippen LogP) is 3.45. The lowest BCUT2D eigenvalue weighted by Gasteiger charge is -2.14. The van der Waals surface area contributed by atoms with E-state index in [2.05, 4.69) is 45.7 Å². The van der Waals surface area contributed by atoms with E-state index in [-0.39, 0.29) is 0 Å². The minimum absolute atomic E-state index is 0.733. The van der Waals surface area contributed by atoms with Crippen molar-refractivity contribution in [2.45, 2.75) is 45.4 Å². The molecule has 5 heteroatoms. The molecule has 1 heterocycles. The van der Waals surface area contributed by atoms with Gasteiger partial charge in [-0.05, 0) is 66.1 Å². The highest BCUT2D eigenvalue weighted by Crippen LogP contribution is 2.20. The first-order valence-corrected chi connectivity index (χ1v) is 8.79. The summed E-state index contributed by atoms with van der Waals surface area (Å²) >= 11 is 0. The van der Waals surface area contributed by atoms with Gasteiger partial charge in [0.2, 0.25) is 5.95 Å². The van der Waals surface area contributed by atoms with Gasteiger partial charge in [-0.1, -0.05) is 11.6 Å². The van der Waals surface area contributed by atoms with Crippen molar-refractivity contribution in [1.82, 2.24) is 14.9 Å². The summed E-state index contributed by atoms with van der Waals surface area (Å²) in [6.07, 6.45) is 9.80. The highest BCUT2D eigenvalue weighted by atomic mass is 15.1. The summed E-state index contributed by atoms with van der Waals surface area (Å²) in [6.45, 7) is 4.94. The van der Waals surface area contributed by atoms with Crippen LogP contribution >= 0.6 is 0 Å². The average Bonchev–Trinajstić information content (AvgIpc) is 2.52. The van der Waals surface area contributed by atoms with Crippen LogP contribution < -0.4 is 10.6 Å². The zero-order valence-electron chi connectivity index (χ0n) is 14.9. The SMILES string of the molecule is Cc1cc(NCCCN(C)C)nc(NCCC2=CCCCC2)n1. The maximum absolute atomic E-state index is 4.57. The number of anilines is 2. The average molecular weight is 317 g/mol. The molecule has 128 valence electrons. The van der Waals surface area contributed by atoms with Gasteiger partial charge >= 0.3 is 0 Å². The van der Waals surface area contributed by atoms with Gasteiger partial charge < -0.3 is 15.5 Å². The minimum Gasteiger partial charge on any atom is -0.370 e. The molecule has 0 bridgehead atoms. The fourth-order valence-corrected chi connectivity index (χ4v) is 2.82. The highest BCUT2D eigenvalue weighted by Gasteiger charge is 2.05. The fraction of sp³-hybridized carbons (Fsp3) is 0.667. The summed E-state index contributed by atoms with van der Waals surface area (Å²) in [7, 11) is 4.19. The second-order valence-electron chi connectivity index (χ2n) is 6.59. The third-order valence-electron chi connectivity index (χ3n) is 4.06. The molecular formula is C18H31N5. The van der Waals surface area contributed by atoms with Crippen molar-refractivity contribution >= 4 is 11.8 Å². The Morgan fingerprint density at radius 1 is 1.13 bits per heavy atom. The largest absolute Gasteiger partial charge is 0.370 e. The van der Waals surface area contributed by atoms with Crippen LogP contribution in [0.1, 0.15) is 44.2 Å². The summed E-state index contributed by atoms with van der Waals surface area (Å²) in [5, 5.41) is 6.76. The standard InChI is InChI=1S/C18H31N5/c1-15-14-17(19-11-7-13-23(2)3)22-18(21-15)20-12-10-16-8-5-4-6-9-16/h8,14H,4-7,9-13H2,1-3H3,(H2,19,20,21,22). The van der Waals surface area contributed by atoms with Crippen molar-refractivity contribution in [2.24, 2.45) is 0 Å². The number of nitrogens with zero attached hydrogens (tertiary/aromatic N) is 3. The molecular weight excluding hydrogens is 286 g/mol. The number of rotatable bonds is 9. The normalized spacial score (nSPS) is 14.7. The van der Waals surface area contributed by atoms with Crippen LogP contribution in [0.5, 0.6) is 0 Å². The maximum atomic E-state index is 4.57. The van der Waals surface area contributed by atoms with Crippen molar-refractivity contribution in [3.8, 4) is 0 Å². The van der Waals surface area contributed by atoms with E-state index in [0.717, 1.165) is 49.9 Å². The topological polar surface area (TPSA) is 53.1 Å². The third-order valence-corrected chi connectivity index (χ3v) is 4.06. The van der Waals surface area contributed by atoms with Gasteiger partial charge in [-0.25, -0.2) is 4.98 Å². The highest BCUT2D eigenvalue weighted by molar-refractivity contribution is 5.42. The van der Waals surface area contributed by atoms with Crippen molar-refractivity contribution in [2.75, 3.05) is 44.4 Å². The zero-order valence-corrected chi connectivity index (χ0v) is 14.9. The van der Waals surface area contributed by atoms with E-state index in [9.17, 15) is 0 Å². The van der Waals surface area contributed by atoms with Crippen LogP contribution in [0.3, 0.4) is 0 Å². The van der Waals surface area contributed by atoms with Gasteiger partial charge in [0.25, 0.3) is 0 Å². The Balaban J connectivity index is 1.78. The minimum atomic E-state index is 0.733. The van der Waals surface area contributed by atoms with Crippen molar-refractivity contribution in [3.05, 3.63) is 23.4 Å². The number of aromatic nitrogens is 2. The molecule has 1 aromatic rings. The molecule has 0 saturated carbocycles. The Kier molecular flexibility index (Phi) is 7.33. The van der Waals surface area contributed by atoms with E-state index >= 15 is 0 Å². The molecule has 0 unspecified atom stereocenters. The lowest BCUT2D eigenvalue weighted by Crippen LogP contribution is -2.17. The third kappa shape index (κ3) is 6.99. The molecule has 1 aromatic heterocycles. The van der Waals surface area contributed by atoms with E-state index in [4.69, 9.17) is 0 Å². The number of hydrogen-bond acceptors (Lipinski definition) is 5. The van der Waals surface area contributed by atoms with E-state index in [0.29, 0.717) is 0 Å². The van der Waals surface area contributed by atoms with Gasteiger partial charge in [-0.15, -0.1) is 0 Å². The molecule has 5 nitrogen and oxygen atoms in total. The first-order valence-electron chi connectivity index (χ1n) is 8.79. The molecule has 23 heavy (non-hydrogen) atoms. The first-order chi connectivity index (χ1) is 11.1. The monoisotopic (exact) mass is 317 g/mol. The molecule has 0 aliphatic heterocycles. The Labute approximate surface area is 140 Å². The first kappa shape index (κ1) is 17.7. The molecule has 0 amide bonds. The van der Waals surface area contributed by atoms with Gasteiger partial charge in [0.1, 0.15) is 5.82 Å². The fourth-order valence-electron chi connectivity index (χ4n) is 2.82. The van der Waals surface area contributed by atoms with Crippen LogP contribution in [-0.2, 0) is 0 Å². The van der Waals surface area contributed by atoms with E-state index in [1.807, 2.05) is 13.0 Å². The molecule has 2 N–H and O–H groups in total. The van der Waals surface area contributed by atoms with E-state index in [1.54, 1.807) is 5.57 Å². The zero-order chi connectivity index (χ0) is 16.5. The Bertz CT molecular complexity index is 510. The van der Waals surface area contributed by atoms with Crippen molar-refractivity contribution in [3.63, 3.8) is 0 Å². The maximum Gasteiger partial charge on any atom is 0.224 e. The quantitative estimate of drug-likeness (QED) is 0.540. The van der Waals surface area contributed by atoms with Gasteiger partial charge in [0.05, 0.1) is 0 Å². The summed E-state index contributed by atoms with van der Waals surface area (Å²) in [4.78, 5) is 11.2. The van der Waals surface area contributed by atoms with Crippen LogP contribution in [-0.4, -0.2) is 48.6 Å². The van der Waals surface area contributed by atoms with Gasteiger partial charge in [0, 0.05) is 24.8 Å². The number of hydrogen-bond donors (Lipinski definition) is 2. The van der Waals surface area contributed by atoms with Crippen LogP contribution in [0, 0.1) is 6.92 Å². The smallest absolute Gasteiger partial charge is 0.224 e. The van der Waals surface area contributed by atoms with Gasteiger partial charge in [0.15, 0.2) is 0 Å². The Morgan fingerprint density at radius 2 is 2.00 bits per heavy atom. The van der Waals surface area contributed by atoms with Crippen LogP contribution in [0.25, 0.3) is 0 Å². The van der Waals surface area contributed by atoms with Crippen molar-refractivity contribution < 1.29 is 0 Å². The lowest BCUT2D eigenvalue weighted by atomic mass is 9.97. The molecule has 0 spiro atoms. The number of nitrogens with one attached hydrogen (secondary N) is 2.